The van der Waals surface area contributed by atoms with Gasteiger partial charge in [0.25, 0.3) is 17.7 Å². The number of phenols is 1. The number of nitrogens with one attached hydrogen (secondary N) is 5. The SMILES string of the molecule is CN(C)c1ccc2c(-c3c(Cl)c(NCc4ccc(C(=O)NCc5c(O)ccc6c(-c7cc(C(=O)NCc8ccc(C(=O)NCCOCC#CCc9cn([C@H]%10CC[C@@H](COP(OO)(OOO)(P(=O)=O)P(=O)=O)O%10)c(=O)[nH]c9=O)cc8)ccc7C(=O)O)c7ccc(=O)cc-7oc56)cc4)cc(Cl)c3C(=O)O)c3ccc(=[N+](C)C)cc-3oc2c1. The number of anilines is 2. The third kappa shape index (κ3) is 17.2. The van der Waals surface area contributed by atoms with Crippen LogP contribution in [0.5, 0.6) is 5.75 Å². The number of halogens is 2. The van der Waals surface area contributed by atoms with E-state index in [4.69, 9.17) is 51.3 Å². The molecule has 1 fully saturated rings. The van der Waals surface area contributed by atoms with Crippen LogP contribution in [0.15, 0.2) is 169 Å². The number of carboxylic acid groups (broad SMARTS) is 2. The summed E-state index contributed by atoms with van der Waals surface area (Å²) in [7, 11) is -1.28. The van der Waals surface area contributed by atoms with Gasteiger partial charge in [0.15, 0.2) is 5.43 Å². The molecular weight excluding hydrogens is 1600 g/mol. The number of carbonyl (C=O) groups is 5. The van der Waals surface area contributed by atoms with Crippen LogP contribution >= 0.6 is 44.6 Å². The smallest absolute Gasteiger partial charge is 0.337 e. The van der Waals surface area contributed by atoms with E-state index in [1.165, 1.54) is 72.9 Å². The first-order chi connectivity index (χ1) is 55.0. The third-order valence-electron chi connectivity index (χ3n) is 18.8. The summed E-state index contributed by atoms with van der Waals surface area (Å²) >= 11 is 14.2. The van der Waals surface area contributed by atoms with Gasteiger partial charge >= 0.3 is 185 Å². The van der Waals surface area contributed by atoms with E-state index in [9.17, 15) is 77.2 Å². The second-order valence-electron chi connectivity index (χ2n) is 26.4. The second-order valence-corrected chi connectivity index (χ2v) is 37.4. The van der Waals surface area contributed by atoms with Gasteiger partial charge in [-0.05, 0) is 108 Å². The molecule has 0 spiro atoms. The normalized spacial score (nSPS) is 13.7. The number of aromatic nitrogens is 2. The van der Waals surface area contributed by atoms with E-state index in [2.05, 4.69) is 52.5 Å². The van der Waals surface area contributed by atoms with Gasteiger partial charge in [0.2, 0.25) is 5.36 Å². The summed E-state index contributed by atoms with van der Waals surface area (Å²) in [6.45, 7) is -7.77. The topological polar surface area (TPSA) is 463 Å². The van der Waals surface area contributed by atoms with Crippen LogP contribution in [0.2, 0.25) is 10.0 Å². The number of aromatic amines is 1. The van der Waals surface area contributed by atoms with E-state index in [0.29, 0.717) is 44.7 Å². The fourth-order valence-electron chi connectivity index (χ4n) is 12.9. The van der Waals surface area contributed by atoms with Crippen LogP contribution in [-0.2, 0) is 72.7 Å². The molecule has 12 rings (SSSR count). The largest absolute Gasteiger partial charge is 0.478 e. The van der Waals surface area contributed by atoms with Gasteiger partial charge in [-0.2, -0.15) is 0 Å². The van der Waals surface area contributed by atoms with E-state index in [0.717, 1.165) is 15.6 Å². The first-order valence-electron chi connectivity index (χ1n) is 34.7. The zero-order chi connectivity index (χ0) is 82.3. The Hall–Kier alpha value is -11.8. The number of ether oxygens (including phenoxy) is 2. The molecular formula is C77H68Cl2N8O25P3+. The van der Waals surface area contributed by atoms with Crippen molar-refractivity contribution in [2.45, 2.75) is 51.2 Å². The van der Waals surface area contributed by atoms with Crippen molar-refractivity contribution >= 4 is 108 Å². The molecule has 0 unspecified atom stereocenters. The van der Waals surface area contributed by atoms with Crippen LogP contribution in [0.4, 0.5) is 11.4 Å². The first-order valence-corrected chi connectivity index (χ1v) is 41.2. The molecule has 3 aliphatic heterocycles. The van der Waals surface area contributed by atoms with Crippen molar-refractivity contribution in [3.63, 3.8) is 0 Å². The molecule has 594 valence electrons. The standard InChI is InChI=1S/C77H67Cl2N8O25P3/c1-85(2)47-17-22-53-61(32-47)108-62-33-48(86(3)4)18-23-54(62)66(53)68-67(76(96)97)58(78)35-59(69(68)79)81-36-41-8-14-44(15-9-41)72(91)83-38-57-60(89)26-25-55-65(52-24-19-49(88)34-63(52)109-70(55)57)56-31-45(16-21-51(56)75(94)95)73(92)82-37-42-10-12-43(13-11-42)71(90)80-28-30-105-29-6-5-7-46-39-87(77(98)84-74(46)93)64-27-20-50(107-64)40-106-115(111-100,112-110-99,113(101)102)114(103)104/h8-19,21-26,31-35,39,50,64,81H,7,20,27-30,36-38,40H2,1-4H3,(H8-,80,82,83,84,88,89,90,91,92,93,94,95,96,97,98,99,100)/p+1/t50-,64+/m0/s1. The Morgan fingerprint density at radius 2 is 1.35 bits per heavy atom. The molecule has 33 nitrogen and oxygen atoms in total. The van der Waals surface area contributed by atoms with Gasteiger partial charge in [0.1, 0.15) is 42.5 Å². The van der Waals surface area contributed by atoms with Crippen molar-refractivity contribution in [3.8, 4) is 62.5 Å². The summed E-state index contributed by atoms with van der Waals surface area (Å²) in [4.78, 5) is 110. The van der Waals surface area contributed by atoms with Crippen molar-refractivity contribution in [1.29, 1.82) is 0 Å². The summed E-state index contributed by atoms with van der Waals surface area (Å²) in [5, 5.41) is 67.3. The molecule has 115 heavy (non-hydrogen) atoms. The van der Waals surface area contributed by atoms with Crippen molar-refractivity contribution in [1.82, 2.24) is 30.1 Å². The van der Waals surface area contributed by atoms with Gasteiger partial charge < -0.3 is 55.1 Å². The van der Waals surface area contributed by atoms with Crippen LogP contribution in [0.1, 0.15) is 93.1 Å². The molecule has 7 aromatic rings. The van der Waals surface area contributed by atoms with Crippen LogP contribution in [-0.4, -0.2) is 126 Å². The summed E-state index contributed by atoms with van der Waals surface area (Å²) in [6.07, 6.45) is -1.10. The molecule has 6 aromatic carbocycles. The summed E-state index contributed by atoms with van der Waals surface area (Å²) in [5.74, 6) is 1.31. The molecule has 0 radical (unpaired) electrons. The molecule has 2 atom stereocenters. The number of aromatic hydroxyl groups is 1. The zero-order valence-electron chi connectivity index (χ0n) is 60.9. The minimum atomic E-state index is -6.57. The van der Waals surface area contributed by atoms with Crippen molar-refractivity contribution in [3.05, 3.63) is 242 Å². The minimum absolute atomic E-state index is 0.00534. The number of phenolic OH excluding ortho intramolecular Hbond substituents is 1. The average Bonchev–Trinajstić information content (AvgIpc) is 1.02. The predicted octanol–water partition coefficient (Wildman–Crippen LogP) is 12.0. The van der Waals surface area contributed by atoms with Crippen LogP contribution in [0.3, 0.4) is 0 Å². The number of fused-ring (bicyclic) bond motifs is 4. The number of benzene rings is 8. The number of nitrogens with zero attached hydrogens (tertiary/aromatic N) is 3. The summed E-state index contributed by atoms with van der Waals surface area (Å²) < 4.78 is 87.2. The quantitative estimate of drug-likeness (QED) is 0.00396. The van der Waals surface area contributed by atoms with Gasteiger partial charge in [0.05, 0.1) is 51.6 Å². The molecule has 1 aromatic heterocycles. The van der Waals surface area contributed by atoms with Gasteiger partial charge in [-0.1, -0.05) is 47.5 Å². The molecule has 4 heterocycles. The molecule has 2 aliphatic carbocycles. The van der Waals surface area contributed by atoms with Crippen molar-refractivity contribution in [2.75, 3.05) is 64.8 Å². The maximum absolute atomic E-state index is 14.0. The Morgan fingerprint density at radius 1 is 0.696 bits per heavy atom. The fourth-order valence-corrected chi connectivity index (χ4v) is 17.9. The van der Waals surface area contributed by atoms with E-state index < -0.39 is 86.7 Å². The predicted molar refractivity (Wildman–Crippen MR) is 419 cm³/mol. The molecule has 5 aliphatic rings. The Balaban J connectivity index is 0.668. The van der Waals surface area contributed by atoms with Crippen LogP contribution < -0.4 is 52.8 Å². The monoisotopic (exact) mass is 1670 g/mol. The number of rotatable bonds is 29. The number of hydrogen-bond acceptors (Lipinski definition) is 25. The van der Waals surface area contributed by atoms with Gasteiger partial charge in [-0.25, -0.2) is 14.2 Å². The number of hydrogen-bond donors (Lipinski definition) is 10. The van der Waals surface area contributed by atoms with Gasteiger partial charge in [-0.15, -0.1) is 0 Å². The molecule has 0 saturated carbocycles. The Morgan fingerprint density at radius 3 is 2.02 bits per heavy atom. The number of aromatic carboxylic acids is 2. The van der Waals surface area contributed by atoms with Crippen molar-refractivity contribution < 1.29 is 105 Å². The second kappa shape index (κ2) is 34.9. The minimum Gasteiger partial charge on any atom is -0.478 e. The van der Waals surface area contributed by atoms with Crippen LogP contribution in [0.25, 0.3) is 66.8 Å². The summed E-state index contributed by atoms with van der Waals surface area (Å²) in [6, 6.07) is 36.2. The van der Waals surface area contributed by atoms with E-state index >= 15 is 0 Å². The number of carbonyl (C=O) groups excluding carboxylic acids is 3. The number of amides is 3. The van der Waals surface area contributed by atoms with Gasteiger partial charge in [-0.3, -0.25) is 19.2 Å². The van der Waals surface area contributed by atoms with E-state index in [-0.39, 0.29) is 152 Å². The first kappa shape index (κ1) is 82.6. The number of carboxylic acids is 2. The average molecular weight is 1670 g/mol. The van der Waals surface area contributed by atoms with Crippen molar-refractivity contribution in [2.24, 2.45) is 0 Å². The molecule has 38 heteroatoms. The third-order valence-corrected chi connectivity index (χ3v) is 29.2. The van der Waals surface area contributed by atoms with Crippen LogP contribution in [0, 0.1) is 11.8 Å². The molecule has 10 N–H and O–H groups in total. The van der Waals surface area contributed by atoms with Gasteiger partial charge in [0, 0.05) is 113 Å². The van der Waals surface area contributed by atoms with E-state index in [1.807, 2.05) is 74.1 Å². The maximum Gasteiger partial charge on any atom is 0.337 e. The maximum atomic E-state index is 14.0. The molecule has 0 bridgehead atoms. The Labute approximate surface area is 660 Å². The Kier molecular flexibility index (Phi) is 25.1. The molecule has 3 amide bonds. The Bertz CT molecular complexity index is 6130. The summed E-state index contributed by atoms with van der Waals surface area (Å²) in [5.41, 5.74) is 2.72. The number of H-pyrrole nitrogens is 1. The van der Waals surface area contributed by atoms with E-state index in [1.54, 1.807) is 36.4 Å². The fraction of sp³-hybridized carbons (Fsp3) is 0.208. The molecule has 1 saturated heterocycles. The zero-order valence-corrected chi connectivity index (χ0v) is 65.1.